The number of carbonyl (C=O) groups is 1. The summed E-state index contributed by atoms with van der Waals surface area (Å²) in [5, 5.41) is 12.0. The molecule has 0 aliphatic heterocycles. The highest BCUT2D eigenvalue weighted by Crippen LogP contribution is 2.21. The van der Waals surface area contributed by atoms with Crippen LogP contribution >= 0.6 is 0 Å². The normalized spacial score (nSPS) is 12.3. The van der Waals surface area contributed by atoms with Gasteiger partial charge in [0, 0.05) is 17.7 Å². The molecule has 19 heavy (non-hydrogen) atoms. The second-order valence-electron chi connectivity index (χ2n) is 4.68. The predicted octanol–water partition coefficient (Wildman–Crippen LogP) is 2.17. The Labute approximate surface area is 112 Å². The molecule has 0 spiro atoms. The van der Waals surface area contributed by atoms with Gasteiger partial charge in [0.05, 0.1) is 19.1 Å². The number of benzene rings is 1. The van der Waals surface area contributed by atoms with Crippen LogP contribution in [0.15, 0.2) is 18.2 Å². The number of aliphatic hydroxyl groups excluding tert-OH is 1. The molecule has 0 aliphatic carbocycles. The molecule has 0 heterocycles. The summed E-state index contributed by atoms with van der Waals surface area (Å²) < 4.78 is 18.8. The van der Waals surface area contributed by atoms with E-state index in [1.165, 1.54) is 19.1 Å². The number of ether oxygens (including phenoxy) is 1. The Morgan fingerprint density at radius 1 is 1.42 bits per heavy atom. The topological polar surface area (TPSA) is 58.6 Å². The fourth-order valence-electron chi connectivity index (χ4n) is 1.59. The van der Waals surface area contributed by atoms with Crippen LogP contribution in [0.4, 0.5) is 4.39 Å². The van der Waals surface area contributed by atoms with E-state index in [0.717, 1.165) is 0 Å². The first-order chi connectivity index (χ1) is 8.90. The zero-order valence-electron chi connectivity index (χ0n) is 11.4. The molecular weight excluding hydrogens is 249 g/mol. The second kappa shape index (κ2) is 7.09. The van der Waals surface area contributed by atoms with Crippen molar-refractivity contribution in [1.82, 2.24) is 5.32 Å². The van der Waals surface area contributed by atoms with E-state index in [4.69, 9.17) is 4.74 Å². The Kier molecular flexibility index (Phi) is 5.76. The monoisotopic (exact) mass is 269 g/mol. The second-order valence-corrected chi connectivity index (χ2v) is 4.68. The number of hydrogen-bond acceptors (Lipinski definition) is 3. The largest absolute Gasteiger partial charge is 0.493 e. The van der Waals surface area contributed by atoms with E-state index in [1.807, 2.05) is 13.8 Å². The summed E-state index contributed by atoms with van der Waals surface area (Å²) >= 11 is 0. The number of aliphatic hydroxyl groups is 1. The fourth-order valence-corrected chi connectivity index (χ4v) is 1.59. The van der Waals surface area contributed by atoms with Crippen molar-refractivity contribution in [2.45, 2.75) is 39.3 Å². The number of carbonyl (C=O) groups excluding carboxylic acids is 1. The molecule has 0 unspecified atom stereocenters. The first kappa shape index (κ1) is 15.4. The zero-order chi connectivity index (χ0) is 14.4. The molecule has 1 amide bonds. The van der Waals surface area contributed by atoms with Crippen LogP contribution in [0.5, 0.6) is 5.75 Å². The number of hydrogen-bond donors (Lipinski definition) is 2. The van der Waals surface area contributed by atoms with Gasteiger partial charge in [-0.2, -0.15) is 0 Å². The Morgan fingerprint density at radius 2 is 2.11 bits per heavy atom. The molecule has 1 aromatic carbocycles. The molecule has 0 aromatic heterocycles. The van der Waals surface area contributed by atoms with E-state index >= 15 is 0 Å². The average molecular weight is 269 g/mol. The van der Waals surface area contributed by atoms with Crippen molar-refractivity contribution >= 4 is 5.91 Å². The molecule has 106 valence electrons. The van der Waals surface area contributed by atoms with Crippen LogP contribution in [0.2, 0.25) is 0 Å². The summed E-state index contributed by atoms with van der Waals surface area (Å²) in [5.41, 5.74) is 0.227. The third kappa shape index (κ3) is 5.26. The third-order valence-corrected chi connectivity index (χ3v) is 2.47. The van der Waals surface area contributed by atoms with Gasteiger partial charge in [-0.25, -0.2) is 4.39 Å². The van der Waals surface area contributed by atoms with Crippen LogP contribution in [-0.4, -0.2) is 23.7 Å². The number of rotatable bonds is 6. The molecule has 0 saturated carbocycles. The molecule has 0 radical (unpaired) electrons. The number of halogens is 1. The van der Waals surface area contributed by atoms with Crippen LogP contribution in [-0.2, 0) is 4.79 Å². The van der Waals surface area contributed by atoms with Crippen LogP contribution < -0.4 is 10.1 Å². The fraction of sp³-hybridized carbons (Fsp3) is 0.500. The molecular formula is C14H20FNO3. The molecule has 1 atom stereocenters. The smallest absolute Gasteiger partial charge is 0.223 e. The van der Waals surface area contributed by atoms with E-state index < -0.39 is 11.9 Å². The van der Waals surface area contributed by atoms with E-state index in [9.17, 15) is 14.3 Å². The van der Waals surface area contributed by atoms with Gasteiger partial charge in [-0.3, -0.25) is 4.79 Å². The minimum absolute atomic E-state index is 0.0928. The van der Waals surface area contributed by atoms with Crippen LogP contribution in [0, 0.1) is 5.82 Å². The lowest BCUT2D eigenvalue weighted by atomic mass is 10.1. The van der Waals surface area contributed by atoms with Crippen molar-refractivity contribution in [2.24, 2.45) is 0 Å². The molecule has 2 N–H and O–H groups in total. The van der Waals surface area contributed by atoms with Crippen LogP contribution in [0.25, 0.3) is 0 Å². The third-order valence-electron chi connectivity index (χ3n) is 2.47. The van der Waals surface area contributed by atoms with Gasteiger partial charge in [-0.1, -0.05) is 0 Å². The van der Waals surface area contributed by atoms with Gasteiger partial charge in [0.25, 0.3) is 0 Å². The molecule has 0 bridgehead atoms. The van der Waals surface area contributed by atoms with Gasteiger partial charge in [-0.15, -0.1) is 0 Å². The molecule has 4 nitrogen and oxygen atoms in total. The summed E-state index contributed by atoms with van der Waals surface area (Å²) in [5.74, 6) is -0.269. The molecule has 5 heteroatoms. The van der Waals surface area contributed by atoms with Gasteiger partial charge in [0.15, 0.2) is 0 Å². The molecule has 0 saturated heterocycles. The number of amides is 1. The Morgan fingerprint density at radius 3 is 2.63 bits per heavy atom. The average Bonchev–Trinajstić information content (AvgIpc) is 2.27. The quantitative estimate of drug-likeness (QED) is 0.832. The highest BCUT2D eigenvalue weighted by atomic mass is 19.1. The molecule has 0 aliphatic rings. The minimum atomic E-state index is -0.856. The Hall–Kier alpha value is -1.62. The van der Waals surface area contributed by atoms with E-state index in [0.29, 0.717) is 5.75 Å². The maximum absolute atomic E-state index is 13.5. The van der Waals surface area contributed by atoms with E-state index in [-0.39, 0.29) is 30.5 Å². The lowest BCUT2D eigenvalue weighted by Crippen LogP contribution is -2.31. The minimum Gasteiger partial charge on any atom is -0.493 e. The molecule has 1 aromatic rings. The van der Waals surface area contributed by atoms with Gasteiger partial charge in [-0.05, 0) is 32.9 Å². The van der Waals surface area contributed by atoms with Crippen molar-refractivity contribution in [3.8, 4) is 5.75 Å². The van der Waals surface area contributed by atoms with Gasteiger partial charge in [0.2, 0.25) is 5.91 Å². The highest BCUT2D eigenvalue weighted by Gasteiger charge is 2.09. The van der Waals surface area contributed by atoms with Crippen LogP contribution in [0.3, 0.4) is 0 Å². The van der Waals surface area contributed by atoms with Crippen molar-refractivity contribution < 1.29 is 19.0 Å². The van der Waals surface area contributed by atoms with Crippen LogP contribution in [0.1, 0.15) is 38.9 Å². The standard InChI is InChI=1S/C14H20FNO3/c1-9(2)16-14(18)6-7-19-11-4-5-12(10(3)17)13(15)8-11/h4-5,8-10,17H,6-7H2,1-3H3,(H,16,18)/t10-/m0/s1. The van der Waals surface area contributed by atoms with Gasteiger partial charge >= 0.3 is 0 Å². The lowest BCUT2D eigenvalue weighted by molar-refractivity contribution is -0.122. The first-order valence-electron chi connectivity index (χ1n) is 6.30. The summed E-state index contributed by atoms with van der Waals surface area (Å²) in [6.45, 7) is 5.44. The summed E-state index contributed by atoms with van der Waals surface area (Å²) in [4.78, 5) is 11.4. The maximum Gasteiger partial charge on any atom is 0.223 e. The Balaban J connectivity index is 2.46. The Bertz CT molecular complexity index is 433. The van der Waals surface area contributed by atoms with Gasteiger partial charge < -0.3 is 15.2 Å². The maximum atomic E-state index is 13.5. The van der Waals surface area contributed by atoms with Crippen molar-refractivity contribution in [3.63, 3.8) is 0 Å². The van der Waals surface area contributed by atoms with Crippen molar-refractivity contribution in [1.29, 1.82) is 0 Å². The van der Waals surface area contributed by atoms with Gasteiger partial charge in [0.1, 0.15) is 11.6 Å². The predicted molar refractivity (Wildman–Crippen MR) is 70.4 cm³/mol. The lowest BCUT2D eigenvalue weighted by Gasteiger charge is -2.11. The van der Waals surface area contributed by atoms with E-state index in [1.54, 1.807) is 6.07 Å². The van der Waals surface area contributed by atoms with Crippen molar-refractivity contribution in [3.05, 3.63) is 29.6 Å². The summed E-state index contributed by atoms with van der Waals surface area (Å²) in [6.07, 6.45) is -0.635. The zero-order valence-corrected chi connectivity index (χ0v) is 11.4. The molecule has 1 rings (SSSR count). The SMILES string of the molecule is CC(C)NC(=O)CCOc1ccc([C@H](C)O)c(F)c1. The number of nitrogens with one attached hydrogen (secondary N) is 1. The summed E-state index contributed by atoms with van der Waals surface area (Å²) in [7, 11) is 0. The highest BCUT2D eigenvalue weighted by molar-refractivity contribution is 5.76. The molecule has 0 fully saturated rings. The van der Waals surface area contributed by atoms with Crippen molar-refractivity contribution in [2.75, 3.05) is 6.61 Å². The summed E-state index contributed by atoms with van der Waals surface area (Å²) in [6, 6.07) is 4.35. The van der Waals surface area contributed by atoms with E-state index in [2.05, 4.69) is 5.32 Å². The first-order valence-corrected chi connectivity index (χ1v) is 6.30.